The van der Waals surface area contributed by atoms with Crippen LogP contribution in [-0.2, 0) is 0 Å². The molecule has 1 saturated heterocycles. The van der Waals surface area contributed by atoms with Gasteiger partial charge in [0.05, 0.1) is 19.4 Å². The molecule has 1 heterocycles. The highest BCUT2D eigenvalue weighted by atomic mass is 16.5. The highest BCUT2D eigenvalue weighted by molar-refractivity contribution is 5.62. The highest BCUT2D eigenvalue weighted by Crippen LogP contribution is 2.28. The summed E-state index contributed by atoms with van der Waals surface area (Å²) in [5.74, 6) is 0.725. The summed E-state index contributed by atoms with van der Waals surface area (Å²) in [5.41, 5.74) is 7.64. The van der Waals surface area contributed by atoms with Gasteiger partial charge in [0.25, 0.3) is 0 Å². The number of methoxy groups -OCH3 is 1. The summed E-state index contributed by atoms with van der Waals surface area (Å²) < 4.78 is 5.27. The van der Waals surface area contributed by atoms with Crippen LogP contribution in [0.3, 0.4) is 0 Å². The molecular formula is C14H23N3O2. The van der Waals surface area contributed by atoms with Gasteiger partial charge in [-0.25, -0.2) is 0 Å². The number of nitrogens with two attached hydrogens (primary N) is 1. The Kier molecular flexibility index (Phi) is 4.50. The van der Waals surface area contributed by atoms with Gasteiger partial charge in [-0.3, -0.25) is 4.90 Å². The minimum Gasteiger partial charge on any atom is -0.495 e. The molecule has 1 atom stereocenters. The Morgan fingerprint density at radius 1 is 1.42 bits per heavy atom. The molecular weight excluding hydrogens is 242 g/mol. The molecule has 0 radical (unpaired) electrons. The number of aliphatic hydroxyl groups is 1. The number of hydrogen-bond acceptors (Lipinski definition) is 5. The molecule has 1 aliphatic rings. The summed E-state index contributed by atoms with van der Waals surface area (Å²) in [6, 6.07) is 6.35. The minimum atomic E-state index is 0.222. The van der Waals surface area contributed by atoms with E-state index in [4.69, 9.17) is 15.6 Å². The second-order valence-corrected chi connectivity index (χ2v) is 4.98. The second kappa shape index (κ2) is 6.12. The molecule has 1 fully saturated rings. The van der Waals surface area contributed by atoms with Gasteiger partial charge in [-0.2, -0.15) is 0 Å². The molecule has 0 aromatic heterocycles. The Balaban J connectivity index is 2.07. The Morgan fingerprint density at radius 2 is 2.21 bits per heavy atom. The van der Waals surface area contributed by atoms with E-state index in [0.29, 0.717) is 11.7 Å². The van der Waals surface area contributed by atoms with Crippen molar-refractivity contribution in [1.82, 2.24) is 4.90 Å². The number of nitrogens with zero attached hydrogens (tertiary/aromatic N) is 2. The zero-order valence-electron chi connectivity index (χ0n) is 11.7. The first-order valence-corrected chi connectivity index (χ1v) is 6.69. The van der Waals surface area contributed by atoms with Crippen molar-refractivity contribution >= 4 is 11.4 Å². The van der Waals surface area contributed by atoms with E-state index in [1.165, 1.54) is 0 Å². The van der Waals surface area contributed by atoms with Crippen molar-refractivity contribution in [1.29, 1.82) is 0 Å². The standard InChI is InChI=1S/C14H23N3O2/c1-11-10-17(6-5-16(11)7-8-18)12-3-4-13(15)14(9-12)19-2/h3-4,9,11,18H,5-8,10,15H2,1-2H3/t11-/m1/s1. The van der Waals surface area contributed by atoms with Crippen molar-refractivity contribution in [3.63, 3.8) is 0 Å². The molecule has 1 aromatic carbocycles. The van der Waals surface area contributed by atoms with Gasteiger partial charge in [-0.05, 0) is 19.1 Å². The SMILES string of the molecule is COc1cc(N2CCN(CCO)[C@H](C)C2)ccc1N. The number of aliphatic hydroxyl groups excluding tert-OH is 1. The van der Waals surface area contributed by atoms with Crippen molar-refractivity contribution in [3.8, 4) is 5.75 Å². The van der Waals surface area contributed by atoms with Crippen LogP contribution in [0.1, 0.15) is 6.92 Å². The third-order valence-electron chi connectivity index (χ3n) is 3.73. The topological polar surface area (TPSA) is 62.0 Å². The lowest BCUT2D eigenvalue weighted by atomic mass is 10.1. The molecule has 19 heavy (non-hydrogen) atoms. The first kappa shape index (κ1) is 14.0. The number of anilines is 2. The van der Waals surface area contributed by atoms with Crippen LogP contribution in [0.5, 0.6) is 5.75 Å². The molecule has 2 rings (SSSR count). The molecule has 3 N–H and O–H groups in total. The van der Waals surface area contributed by atoms with Gasteiger partial charge < -0.3 is 20.5 Å². The van der Waals surface area contributed by atoms with Crippen LogP contribution in [0.15, 0.2) is 18.2 Å². The normalized spacial score (nSPS) is 20.6. The molecule has 5 heteroatoms. The summed E-state index contributed by atoms with van der Waals surface area (Å²) in [6.07, 6.45) is 0. The number of ether oxygens (including phenoxy) is 1. The van der Waals surface area contributed by atoms with Crippen LogP contribution >= 0.6 is 0 Å². The maximum absolute atomic E-state index is 9.03. The van der Waals surface area contributed by atoms with Gasteiger partial charge in [0.15, 0.2) is 0 Å². The minimum absolute atomic E-state index is 0.222. The smallest absolute Gasteiger partial charge is 0.143 e. The lowest BCUT2D eigenvalue weighted by Gasteiger charge is -2.40. The lowest BCUT2D eigenvalue weighted by Crippen LogP contribution is -2.52. The van der Waals surface area contributed by atoms with Crippen LogP contribution in [0.25, 0.3) is 0 Å². The maximum atomic E-state index is 9.03. The van der Waals surface area contributed by atoms with Gasteiger partial charge in [-0.1, -0.05) is 0 Å². The quantitative estimate of drug-likeness (QED) is 0.788. The van der Waals surface area contributed by atoms with Gasteiger partial charge in [0, 0.05) is 44.0 Å². The average Bonchev–Trinajstić information content (AvgIpc) is 2.42. The van der Waals surface area contributed by atoms with Crippen LogP contribution in [0.2, 0.25) is 0 Å². The zero-order valence-corrected chi connectivity index (χ0v) is 11.7. The number of benzene rings is 1. The van der Waals surface area contributed by atoms with E-state index in [1.807, 2.05) is 18.2 Å². The van der Waals surface area contributed by atoms with E-state index < -0.39 is 0 Å². The molecule has 1 aliphatic heterocycles. The zero-order chi connectivity index (χ0) is 13.8. The Hall–Kier alpha value is -1.46. The first-order valence-electron chi connectivity index (χ1n) is 6.69. The van der Waals surface area contributed by atoms with E-state index >= 15 is 0 Å². The third-order valence-corrected chi connectivity index (χ3v) is 3.73. The fourth-order valence-electron chi connectivity index (χ4n) is 2.59. The van der Waals surface area contributed by atoms with Gasteiger partial charge in [0.2, 0.25) is 0 Å². The molecule has 0 bridgehead atoms. The fraction of sp³-hybridized carbons (Fsp3) is 0.571. The highest BCUT2D eigenvalue weighted by Gasteiger charge is 2.23. The van der Waals surface area contributed by atoms with Crippen LogP contribution in [0, 0.1) is 0 Å². The van der Waals surface area contributed by atoms with E-state index in [9.17, 15) is 0 Å². The Labute approximate surface area is 114 Å². The number of piperazine rings is 1. The molecule has 0 unspecified atom stereocenters. The van der Waals surface area contributed by atoms with Crippen molar-refractivity contribution < 1.29 is 9.84 Å². The number of hydrogen-bond donors (Lipinski definition) is 2. The molecule has 0 amide bonds. The van der Waals surface area contributed by atoms with E-state index in [0.717, 1.165) is 37.6 Å². The lowest BCUT2D eigenvalue weighted by molar-refractivity contribution is 0.146. The second-order valence-electron chi connectivity index (χ2n) is 4.98. The van der Waals surface area contributed by atoms with Crippen LogP contribution < -0.4 is 15.4 Å². The van der Waals surface area contributed by atoms with Crippen molar-refractivity contribution in [2.45, 2.75) is 13.0 Å². The van der Waals surface area contributed by atoms with E-state index in [2.05, 4.69) is 16.7 Å². The maximum Gasteiger partial charge on any atom is 0.143 e. The molecule has 0 saturated carbocycles. The number of rotatable bonds is 4. The largest absolute Gasteiger partial charge is 0.495 e. The third kappa shape index (κ3) is 3.11. The summed E-state index contributed by atoms with van der Waals surface area (Å²) in [5, 5.41) is 9.03. The number of nitrogen functional groups attached to an aromatic ring is 1. The Bertz CT molecular complexity index is 425. The summed E-state index contributed by atoms with van der Waals surface area (Å²) in [4.78, 5) is 4.64. The first-order chi connectivity index (χ1) is 9.15. The van der Waals surface area contributed by atoms with E-state index in [1.54, 1.807) is 7.11 Å². The number of β-amino-alcohol motifs (C(OH)–C–C–N with tert-alkyl or cyclic N) is 1. The van der Waals surface area contributed by atoms with Gasteiger partial charge >= 0.3 is 0 Å². The Morgan fingerprint density at radius 3 is 2.84 bits per heavy atom. The van der Waals surface area contributed by atoms with Gasteiger partial charge in [0.1, 0.15) is 5.75 Å². The molecule has 5 nitrogen and oxygen atoms in total. The summed E-state index contributed by atoms with van der Waals surface area (Å²) >= 11 is 0. The van der Waals surface area contributed by atoms with E-state index in [-0.39, 0.29) is 6.61 Å². The molecule has 0 aliphatic carbocycles. The summed E-state index contributed by atoms with van der Waals surface area (Å²) in [6.45, 7) is 6.04. The van der Waals surface area contributed by atoms with Crippen LogP contribution in [-0.4, -0.2) is 55.9 Å². The van der Waals surface area contributed by atoms with Crippen molar-refractivity contribution in [3.05, 3.63) is 18.2 Å². The van der Waals surface area contributed by atoms with Crippen molar-refractivity contribution in [2.24, 2.45) is 0 Å². The predicted octanol–water partition coefficient (Wildman–Crippen LogP) is 0.780. The monoisotopic (exact) mass is 265 g/mol. The van der Waals surface area contributed by atoms with Crippen LogP contribution in [0.4, 0.5) is 11.4 Å². The summed E-state index contributed by atoms with van der Waals surface area (Å²) in [7, 11) is 1.64. The predicted molar refractivity (Wildman–Crippen MR) is 77.7 cm³/mol. The molecule has 0 spiro atoms. The van der Waals surface area contributed by atoms with Gasteiger partial charge in [-0.15, -0.1) is 0 Å². The average molecular weight is 265 g/mol. The molecule has 1 aromatic rings. The fourth-order valence-corrected chi connectivity index (χ4v) is 2.59. The van der Waals surface area contributed by atoms with Crippen molar-refractivity contribution in [2.75, 3.05) is 50.5 Å². The molecule has 106 valence electrons.